The fourth-order valence-electron chi connectivity index (χ4n) is 3.64. The van der Waals surface area contributed by atoms with E-state index >= 15 is 4.39 Å². The summed E-state index contributed by atoms with van der Waals surface area (Å²) < 4.78 is 70.9. The van der Waals surface area contributed by atoms with E-state index in [0.29, 0.717) is 28.1 Å². The van der Waals surface area contributed by atoms with E-state index in [1.165, 1.54) is 6.08 Å². The first kappa shape index (κ1) is 29.6. The van der Waals surface area contributed by atoms with Crippen LogP contribution in [0.5, 0.6) is 0 Å². The Kier molecular flexibility index (Phi) is 10.0. The highest BCUT2D eigenvalue weighted by atomic mass is 32.2. The minimum absolute atomic E-state index is 0.00720. The monoisotopic (exact) mass is 555 g/mol. The molecule has 1 aromatic heterocycles. The lowest BCUT2D eigenvalue weighted by Crippen LogP contribution is -2.12. The van der Waals surface area contributed by atoms with E-state index in [2.05, 4.69) is 34.7 Å². The number of fused-ring (bicyclic) bond motifs is 4. The van der Waals surface area contributed by atoms with Crippen LogP contribution in [-0.2, 0) is 0 Å². The predicted molar refractivity (Wildman–Crippen MR) is 153 cm³/mol. The maximum absolute atomic E-state index is 15.0. The summed E-state index contributed by atoms with van der Waals surface area (Å²) in [5, 5.41) is 1.46. The predicted octanol–water partition coefficient (Wildman–Crippen LogP) is 7.75. The molecule has 202 valence electrons. The molecule has 1 aromatic rings. The van der Waals surface area contributed by atoms with Crippen molar-refractivity contribution in [1.29, 1.82) is 0 Å². The fraction of sp³-hybridized carbons (Fsp3) is 0.133. The average Bonchev–Trinajstić information content (AvgIpc) is 3.67. The maximum atomic E-state index is 15.0. The molecule has 39 heavy (non-hydrogen) atoms. The van der Waals surface area contributed by atoms with Gasteiger partial charge in [-0.05, 0) is 59.9 Å². The van der Waals surface area contributed by atoms with Gasteiger partial charge in [0.2, 0.25) is 0 Å². The summed E-state index contributed by atoms with van der Waals surface area (Å²) in [4.78, 5) is 12.6. The van der Waals surface area contributed by atoms with Gasteiger partial charge in [-0.3, -0.25) is 0 Å². The van der Waals surface area contributed by atoms with E-state index in [9.17, 15) is 17.6 Å². The number of aliphatic imine (C=N–C) groups is 2. The second kappa shape index (κ2) is 13.2. The third-order valence-electron chi connectivity index (χ3n) is 5.31. The molecule has 0 unspecified atom stereocenters. The number of nitrogens with one attached hydrogen (secondary N) is 1. The molecule has 6 bridgehead atoms. The van der Waals surface area contributed by atoms with Gasteiger partial charge in [-0.2, -0.15) is 0 Å². The molecule has 0 fully saturated rings. The molecule has 0 spiro atoms. The molecule has 0 saturated heterocycles. The standard InChI is InChI=1S/C28H20F5N3S.C2H6/c1-15-4-5-18-6-7-19(34-18)12-20-8-9-21(35-20)13-22-10-11-24(36-22)25(17(3)37-15)26(27(32)16(2)30)28(33)23(31)14-29;1-2/h5-13,35H,1-4,14H2;1-2H3/b18-5-,20-12-,21-13-,25-24+,27-26+,28-23-;. The van der Waals surface area contributed by atoms with Crippen molar-refractivity contribution in [2.45, 2.75) is 20.3 Å². The first-order valence-electron chi connectivity index (χ1n) is 11.9. The quantitative estimate of drug-likeness (QED) is 0.300. The van der Waals surface area contributed by atoms with E-state index in [4.69, 9.17) is 0 Å². The topological polar surface area (TPSA) is 40.5 Å². The molecule has 1 N–H and O–H groups in total. The minimum atomic E-state index is -1.91. The first-order valence-corrected chi connectivity index (χ1v) is 12.7. The smallest absolute Gasteiger partial charge is 0.169 e. The maximum Gasteiger partial charge on any atom is 0.169 e. The third-order valence-corrected chi connectivity index (χ3v) is 6.21. The van der Waals surface area contributed by atoms with Gasteiger partial charge in [0, 0.05) is 21.2 Å². The van der Waals surface area contributed by atoms with Crippen molar-refractivity contribution in [3.8, 4) is 0 Å². The van der Waals surface area contributed by atoms with Crippen LogP contribution >= 0.6 is 11.8 Å². The summed E-state index contributed by atoms with van der Waals surface area (Å²) in [6.07, 6.45) is 12.3. The van der Waals surface area contributed by atoms with Gasteiger partial charge >= 0.3 is 0 Å². The largest absolute Gasteiger partial charge is 0.355 e. The van der Waals surface area contributed by atoms with Crippen molar-refractivity contribution in [2.75, 3.05) is 6.67 Å². The SMILES string of the molecule is C=C1C/C=C2/C=CC(=N2)/C=c2/cc/c([nH]2)=C/C2=NC(=C(C(/C(F)=C(/F)CF)=C(\F)C(=C)F)\C(=C)S1)/C=C2.CC. The molecule has 3 nitrogen and oxygen atoms in total. The van der Waals surface area contributed by atoms with Gasteiger partial charge in [0.15, 0.2) is 23.3 Å². The normalized spacial score (nSPS) is 23.0. The van der Waals surface area contributed by atoms with Crippen LogP contribution in [0.1, 0.15) is 20.3 Å². The number of hydrogen-bond donors (Lipinski definition) is 1. The molecule has 3 aliphatic rings. The van der Waals surface area contributed by atoms with Crippen molar-refractivity contribution in [1.82, 2.24) is 4.98 Å². The van der Waals surface area contributed by atoms with Crippen molar-refractivity contribution >= 4 is 35.3 Å². The van der Waals surface area contributed by atoms with Crippen LogP contribution < -0.4 is 10.7 Å². The highest BCUT2D eigenvalue weighted by Crippen LogP contribution is 2.43. The number of alkyl halides is 1. The number of H-pyrrole nitrogens is 1. The molecular formula is C30H26F5N3S. The Morgan fingerprint density at radius 1 is 0.923 bits per heavy atom. The third kappa shape index (κ3) is 7.11. The van der Waals surface area contributed by atoms with Crippen LogP contribution in [0.2, 0.25) is 0 Å². The van der Waals surface area contributed by atoms with Crippen LogP contribution in [0.4, 0.5) is 22.0 Å². The minimum Gasteiger partial charge on any atom is -0.355 e. The molecule has 0 saturated carbocycles. The van der Waals surface area contributed by atoms with E-state index in [0.717, 1.165) is 22.8 Å². The first-order chi connectivity index (χ1) is 18.7. The number of halogens is 5. The molecule has 4 heterocycles. The summed E-state index contributed by atoms with van der Waals surface area (Å²) in [5.41, 5.74) is 0.258. The summed E-state index contributed by atoms with van der Waals surface area (Å²) in [6, 6.07) is 3.65. The van der Waals surface area contributed by atoms with Gasteiger partial charge in [-0.1, -0.05) is 51.4 Å². The summed E-state index contributed by atoms with van der Waals surface area (Å²) >= 11 is 0.941. The van der Waals surface area contributed by atoms with E-state index < -0.39 is 35.6 Å². The van der Waals surface area contributed by atoms with Crippen LogP contribution in [0.3, 0.4) is 0 Å². The molecule has 3 aliphatic heterocycles. The Morgan fingerprint density at radius 2 is 1.54 bits per heavy atom. The lowest BCUT2D eigenvalue weighted by Gasteiger charge is -2.17. The zero-order chi connectivity index (χ0) is 28.7. The molecule has 0 radical (unpaired) electrons. The summed E-state index contributed by atoms with van der Waals surface area (Å²) in [7, 11) is 0. The molecule has 9 heteroatoms. The molecule has 4 rings (SSSR count). The van der Waals surface area contributed by atoms with Crippen LogP contribution in [-0.4, -0.2) is 23.1 Å². The van der Waals surface area contributed by atoms with E-state index in [1.807, 2.05) is 38.1 Å². The number of aromatic nitrogens is 1. The van der Waals surface area contributed by atoms with E-state index in [-0.39, 0.29) is 16.2 Å². The van der Waals surface area contributed by atoms with Gasteiger partial charge in [0.1, 0.15) is 6.67 Å². The van der Waals surface area contributed by atoms with Gasteiger partial charge < -0.3 is 4.98 Å². The van der Waals surface area contributed by atoms with Gasteiger partial charge in [0.05, 0.1) is 28.4 Å². The highest BCUT2D eigenvalue weighted by molar-refractivity contribution is 8.06. The molecule has 0 atom stereocenters. The Hall–Kier alpha value is -3.98. The zero-order valence-corrected chi connectivity index (χ0v) is 22.2. The molecule has 0 aromatic carbocycles. The van der Waals surface area contributed by atoms with Crippen LogP contribution in [0.15, 0.2) is 128 Å². The molecular weight excluding hydrogens is 529 g/mol. The second-order valence-corrected chi connectivity index (χ2v) is 9.28. The average molecular weight is 556 g/mol. The van der Waals surface area contributed by atoms with Gasteiger partial charge in [-0.15, -0.1) is 0 Å². The Morgan fingerprint density at radius 3 is 2.15 bits per heavy atom. The number of allylic oxidation sites excluding steroid dienone is 12. The Balaban J connectivity index is 0.00000205. The lowest BCUT2D eigenvalue weighted by molar-refractivity contribution is 0.429. The van der Waals surface area contributed by atoms with Crippen LogP contribution in [0.25, 0.3) is 12.2 Å². The number of hydrogen-bond acceptors (Lipinski definition) is 3. The van der Waals surface area contributed by atoms with Crippen molar-refractivity contribution < 1.29 is 22.0 Å². The number of thioether (sulfide) groups is 1. The van der Waals surface area contributed by atoms with Crippen molar-refractivity contribution in [2.24, 2.45) is 9.98 Å². The molecule has 0 aliphatic carbocycles. The Bertz CT molecular complexity index is 1590. The van der Waals surface area contributed by atoms with E-state index in [1.54, 1.807) is 24.3 Å². The second-order valence-electron chi connectivity index (χ2n) is 8.00. The van der Waals surface area contributed by atoms with Gasteiger partial charge in [0.25, 0.3) is 0 Å². The van der Waals surface area contributed by atoms with Gasteiger partial charge in [-0.25, -0.2) is 31.9 Å². The zero-order valence-electron chi connectivity index (χ0n) is 21.4. The van der Waals surface area contributed by atoms with Crippen molar-refractivity contribution in [3.63, 3.8) is 0 Å². The summed E-state index contributed by atoms with van der Waals surface area (Å²) in [5.74, 6) is -7.28. The fourth-order valence-corrected chi connectivity index (χ4v) is 4.47. The lowest BCUT2D eigenvalue weighted by atomic mass is 10.00. The number of nitrogens with zero attached hydrogens (tertiary/aromatic N) is 2. The van der Waals surface area contributed by atoms with Crippen molar-refractivity contribution in [3.05, 3.63) is 129 Å². The number of rotatable bonds is 4. The molecule has 0 amide bonds. The number of aromatic amines is 1. The Labute approximate surface area is 227 Å². The highest BCUT2D eigenvalue weighted by Gasteiger charge is 2.28. The van der Waals surface area contributed by atoms with Crippen LogP contribution in [0, 0.1) is 0 Å². The summed E-state index contributed by atoms with van der Waals surface area (Å²) in [6.45, 7) is 12.8.